The van der Waals surface area contributed by atoms with Gasteiger partial charge < -0.3 is 4.74 Å². The third-order valence-electron chi connectivity index (χ3n) is 5.99. The number of hydrogen-bond acceptors (Lipinski definition) is 5. The lowest BCUT2D eigenvalue weighted by Crippen LogP contribution is -2.35. The molecule has 0 aliphatic carbocycles. The normalized spacial score (nSPS) is 12.6. The van der Waals surface area contributed by atoms with E-state index in [1.54, 1.807) is 0 Å². The van der Waals surface area contributed by atoms with Crippen molar-refractivity contribution in [2.24, 2.45) is 0 Å². The Morgan fingerprint density at radius 1 is 0.800 bits per heavy atom. The number of rotatable bonds is 14. The second kappa shape index (κ2) is 14.2. The summed E-state index contributed by atoms with van der Waals surface area (Å²) >= 11 is 0. The fourth-order valence-electron chi connectivity index (χ4n) is 4.00. The molecule has 1 N–H and O–H groups in total. The first-order chi connectivity index (χ1) is 16.2. The van der Waals surface area contributed by atoms with Gasteiger partial charge in [-0.2, -0.15) is 13.1 Å². The summed E-state index contributed by atoms with van der Waals surface area (Å²) < 4.78 is 37.1. The number of benzene rings is 1. The van der Waals surface area contributed by atoms with E-state index in [9.17, 15) is 13.2 Å². The van der Waals surface area contributed by atoms with Crippen LogP contribution in [0.25, 0.3) is 0 Å². The highest BCUT2D eigenvalue weighted by atomic mass is 32.2. The molecule has 0 fully saturated rings. The minimum atomic E-state index is -4.24. The molecule has 6 nitrogen and oxygen atoms in total. The largest absolute Gasteiger partial charge is 0.428 e. The maximum atomic E-state index is 12.6. The van der Waals surface area contributed by atoms with E-state index < -0.39 is 16.4 Å². The van der Waals surface area contributed by atoms with Gasteiger partial charge in [-0.3, -0.25) is 4.18 Å². The molecule has 1 rings (SSSR count). The van der Waals surface area contributed by atoms with Crippen molar-refractivity contribution in [1.82, 2.24) is 4.72 Å². The molecular weight excluding hydrogens is 462 g/mol. The van der Waals surface area contributed by atoms with Gasteiger partial charge in [-0.15, -0.1) is 0 Å². The molecule has 0 aliphatic heterocycles. The van der Waals surface area contributed by atoms with Gasteiger partial charge in [-0.25, -0.2) is 4.79 Å². The number of nitrogens with one attached hydrogen (secondary N) is 1. The Labute approximate surface area is 214 Å². The van der Waals surface area contributed by atoms with Gasteiger partial charge in [0.1, 0.15) is 5.75 Å². The average Bonchev–Trinajstić information content (AvgIpc) is 2.71. The van der Waals surface area contributed by atoms with Crippen LogP contribution in [0.2, 0.25) is 0 Å². The van der Waals surface area contributed by atoms with Crippen molar-refractivity contribution in [3.63, 3.8) is 0 Å². The summed E-state index contributed by atoms with van der Waals surface area (Å²) in [4.78, 5) is 12.6. The van der Waals surface area contributed by atoms with Crippen molar-refractivity contribution in [2.75, 3.05) is 6.61 Å². The predicted octanol–water partition coefficient (Wildman–Crippen LogP) is 7.86. The van der Waals surface area contributed by atoms with Crippen LogP contribution in [0.3, 0.4) is 0 Å². The summed E-state index contributed by atoms with van der Waals surface area (Å²) in [5, 5.41) is 0. The molecule has 0 saturated carbocycles. The summed E-state index contributed by atoms with van der Waals surface area (Å²) in [5.74, 6) is 0.401. The number of ether oxygens (including phenoxy) is 1. The van der Waals surface area contributed by atoms with Crippen molar-refractivity contribution in [2.45, 2.75) is 130 Å². The average molecular weight is 512 g/mol. The van der Waals surface area contributed by atoms with Crippen LogP contribution in [0.5, 0.6) is 5.75 Å². The molecule has 0 spiro atoms. The Morgan fingerprint density at radius 2 is 1.23 bits per heavy atom. The number of unbranched alkanes of at least 4 members (excludes halogenated alkanes) is 9. The van der Waals surface area contributed by atoms with Crippen LogP contribution < -0.4 is 9.46 Å². The van der Waals surface area contributed by atoms with Crippen molar-refractivity contribution in [3.05, 3.63) is 28.8 Å². The van der Waals surface area contributed by atoms with Crippen LogP contribution in [-0.2, 0) is 25.3 Å². The molecule has 0 radical (unpaired) electrons. The maximum Gasteiger partial charge on any atom is 0.428 e. The zero-order valence-corrected chi connectivity index (χ0v) is 24.2. The Bertz CT molecular complexity index is 860. The van der Waals surface area contributed by atoms with E-state index in [0.717, 1.165) is 36.0 Å². The quantitative estimate of drug-likeness (QED) is 0.257. The molecular formula is C28H49NO5S. The van der Waals surface area contributed by atoms with Gasteiger partial charge in [0.05, 0.1) is 6.61 Å². The van der Waals surface area contributed by atoms with Crippen LogP contribution in [-0.4, -0.2) is 21.1 Å². The Morgan fingerprint density at radius 3 is 1.66 bits per heavy atom. The number of carbonyl (C=O) groups is 1. The van der Waals surface area contributed by atoms with E-state index in [-0.39, 0.29) is 17.4 Å². The second-order valence-corrected chi connectivity index (χ2v) is 13.0. The van der Waals surface area contributed by atoms with Gasteiger partial charge in [0.25, 0.3) is 0 Å². The summed E-state index contributed by atoms with van der Waals surface area (Å²) in [7, 11) is -4.24. The van der Waals surface area contributed by atoms with E-state index in [0.29, 0.717) is 12.2 Å². The number of amides is 1. The van der Waals surface area contributed by atoms with Gasteiger partial charge in [-0.1, -0.05) is 124 Å². The lowest BCUT2D eigenvalue weighted by Gasteiger charge is -2.29. The highest BCUT2D eigenvalue weighted by molar-refractivity contribution is 7.85. The minimum Gasteiger partial charge on any atom is -0.409 e. The number of aryl methyl sites for hydroxylation is 1. The molecule has 0 unspecified atom stereocenters. The zero-order chi connectivity index (χ0) is 26.7. The SMILES string of the molecule is CCCCCCCCCCCCOS(=O)(=O)NC(=O)Oc1c(C(C)(C)C)cc(C)cc1C(C)(C)C. The third-order valence-corrected chi connectivity index (χ3v) is 6.88. The Hall–Kier alpha value is -1.60. The Kier molecular flexibility index (Phi) is 12.8. The summed E-state index contributed by atoms with van der Waals surface area (Å²) in [5.41, 5.74) is 2.15. The van der Waals surface area contributed by atoms with Crippen LogP contribution in [0.15, 0.2) is 12.1 Å². The Balaban J connectivity index is 2.61. The molecule has 0 heterocycles. The van der Waals surface area contributed by atoms with Gasteiger partial charge in [0.2, 0.25) is 0 Å². The smallest absolute Gasteiger partial charge is 0.409 e. The molecule has 1 amide bonds. The molecule has 0 saturated heterocycles. The van der Waals surface area contributed by atoms with Crippen LogP contribution in [0.4, 0.5) is 4.79 Å². The van der Waals surface area contributed by atoms with Gasteiger partial charge in [0.15, 0.2) is 0 Å². The lowest BCUT2D eigenvalue weighted by atomic mass is 9.78. The van der Waals surface area contributed by atoms with Crippen molar-refractivity contribution in [1.29, 1.82) is 0 Å². The number of hydrogen-bond donors (Lipinski definition) is 1. The topological polar surface area (TPSA) is 81.7 Å². The second-order valence-electron chi connectivity index (χ2n) is 11.6. The first-order valence-electron chi connectivity index (χ1n) is 13.2. The fourth-order valence-corrected chi connectivity index (χ4v) is 4.64. The molecule has 1 aromatic carbocycles. The van der Waals surface area contributed by atoms with Gasteiger partial charge >= 0.3 is 16.4 Å². The predicted molar refractivity (Wildman–Crippen MR) is 144 cm³/mol. The summed E-state index contributed by atoms with van der Waals surface area (Å²) in [6.45, 7) is 16.5. The number of carbonyl (C=O) groups excluding carboxylic acids is 1. The van der Waals surface area contributed by atoms with Crippen LogP contribution >= 0.6 is 0 Å². The molecule has 35 heavy (non-hydrogen) atoms. The lowest BCUT2D eigenvalue weighted by molar-refractivity contribution is 0.202. The van der Waals surface area contributed by atoms with E-state index in [1.807, 2.05) is 65.3 Å². The van der Waals surface area contributed by atoms with E-state index in [4.69, 9.17) is 8.92 Å². The zero-order valence-electron chi connectivity index (χ0n) is 23.4. The standard InChI is InChI=1S/C28H49NO5S/c1-9-10-11-12-13-14-15-16-17-18-19-33-35(31,32)29-26(30)34-25-23(27(3,4)5)20-22(2)21-24(25)28(6,7)8/h20-21H,9-19H2,1-8H3,(H,29,30). The van der Waals surface area contributed by atoms with Crippen molar-refractivity contribution >= 4 is 16.4 Å². The van der Waals surface area contributed by atoms with Crippen LogP contribution in [0, 0.1) is 6.92 Å². The summed E-state index contributed by atoms with van der Waals surface area (Å²) in [6.07, 6.45) is 10.4. The molecule has 1 aromatic rings. The third kappa shape index (κ3) is 12.3. The highest BCUT2D eigenvalue weighted by Gasteiger charge is 2.29. The van der Waals surface area contributed by atoms with E-state index >= 15 is 0 Å². The molecule has 7 heteroatoms. The monoisotopic (exact) mass is 511 g/mol. The maximum absolute atomic E-state index is 12.6. The highest BCUT2D eigenvalue weighted by Crippen LogP contribution is 2.40. The summed E-state index contributed by atoms with van der Waals surface area (Å²) in [6, 6.07) is 3.96. The van der Waals surface area contributed by atoms with Crippen molar-refractivity contribution < 1.29 is 22.1 Å². The molecule has 202 valence electrons. The van der Waals surface area contributed by atoms with Crippen molar-refractivity contribution in [3.8, 4) is 5.75 Å². The van der Waals surface area contributed by atoms with Crippen LogP contribution in [0.1, 0.15) is 129 Å². The molecule has 0 aliphatic rings. The van der Waals surface area contributed by atoms with Gasteiger partial charge in [-0.05, 0) is 24.2 Å². The molecule has 0 atom stereocenters. The molecule has 0 bridgehead atoms. The van der Waals surface area contributed by atoms with E-state index in [2.05, 4.69) is 6.92 Å². The molecule has 0 aromatic heterocycles. The fraction of sp³-hybridized carbons (Fsp3) is 0.750. The van der Waals surface area contributed by atoms with E-state index in [1.165, 1.54) is 38.5 Å². The van der Waals surface area contributed by atoms with Gasteiger partial charge in [0, 0.05) is 11.1 Å². The minimum absolute atomic E-state index is 0.0458. The first kappa shape index (κ1) is 31.4. The first-order valence-corrected chi connectivity index (χ1v) is 14.6.